The molecule has 0 aromatic carbocycles. The van der Waals surface area contributed by atoms with E-state index in [1.54, 1.807) is 0 Å². The van der Waals surface area contributed by atoms with Gasteiger partial charge in [0, 0.05) is 7.11 Å². The van der Waals surface area contributed by atoms with Crippen molar-refractivity contribution in [1.29, 1.82) is 0 Å². The van der Waals surface area contributed by atoms with Crippen LogP contribution in [0.3, 0.4) is 0 Å². The van der Waals surface area contributed by atoms with Crippen molar-refractivity contribution >= 4 is 17.3 Å². The molecule has 6 nitrogen and oxygen atoms in total. The smallest absolute Gasteiger partial charge is 0.331 e. The fourth-order valence-electron chi connectivity index (χ4n) is 0.777. The normalized spacial score (nSPS) is 10.2. The lowest BCUT2D eigenvalue weighted by molar-refractivity contribution is -0.385. The highest BCUT2D eigenvalue weighted by Gasteiger charge is 2.22. The summed E-state index contributed by atoms with van der Waals surface area (Å²) in [5.41, 5.74) is 0.0472. The van der Waals surface area contributed by atoms with E-state index >= 15 is 0 Å². The maximum absolute atomic E-state index is 10.4. The molecule has 7 heteroatoms. The molecular formula is C5H6ClN3O3. The van der Waals surface area contributed by atoms with Gasteiger partial charge in [0.05, 0.1) is 11.5 Å². The molecule has 1 heterocycles. The van der Waals surface area contributed by atoms with Gasteiger partial charge in [0.1, 0.15) is 5.69 Å². The number of ether oxygens (including phenoxy) is 1. The van der Waals surface area contributed by atoms with E-state index in [0.29, 0.717) is 0 Å². The van der Waals surface area contributed by atoms with Crippen LogP contribution in [-0.2, 0) is 11.3 Å². The van der Waals surface area contributed by atoms with Crippen molar-refractivity contribution in [1.82, 2.24) is 10.2 Å². The van der Waals surface area contributed by atoms with Crippen LogP contribution in [0.2, 0.25) is 5.15 Å². The van der Waals surface area contributed by atoms with Crippen molar-refractivity contribution in [2.75, 3.05) is 7.11 Å². The first-order valence-corrected chi connectivity index (χ1v) is 3.40. The van der Waals surface area contributed by atoms with Crippen molar-refractivity contribution in [3.63, 3.8) is 0 Å². The summed E-state index contributed by atoms with van der Waals surface area (Å²) < 4.78 is 4.70. The summed E-state index contributed by atoms with van der Waals surface area (Å²) in [7, 11) is 1.43. The van der Waals surface area contributed by atoms with Gasteiger partial charge >= 0.3 is 5.69 Å². The Morgan fingerprint density at radius 3 is 3.00 bits per heavy atom. The largest absolute Gasteiger partial charge is 0.378 e. The number of rotatable bonds is 3. The number of halogens is 1. The lowest BCUT2D eigenvalue weighted by Crippen LogP contribution is -1.94. The monoisotopic (exact) mass is 191 g/mol. The molecular weight excluding hydrogens is 186 g/mol. The number of nitro groups is 1. The van der Waals surface area contributed by atoms with E-state index in [1.807, 2.05) is 0 Å². The van der Waals surface area contributed by atoms with Crippen LogP contribution in [0.1, 0.15) is 5.69 Å². The minimum atomic E-state index is -0.597. The van der Waals surface area contributed by atoms with Gasteiger partial charge in [-0.2, -0.15) is 5.10 Å². The fraction of sp³-hybridized carbons (Fsp3) is 0.400. The Hall–Kier alpha value is -1.14. The lowest BCUT2D eigenvalue weighted by atomic mass is 10.4. The van der Waals surface area contributed by atoms with Gasteiger partial charge in [-0.1, -0.05) is 11.6 Å². The molecule has 0 radical (unpaired) electrons. The van der Waals surface area contributed by atoms with Gasteiger partial charge in [0.25, 0.3) is 0 Å². The molecule has 1 N–H and O–H groups in total. The maximum atomic E-state index is 10.4. The van der Waals surface area contributed by atoms with E-state index in [1.165, 1.54) is 7.11 Å². The van der Waals surface area contributed by atoms with Gasteiger partial charge in [-0.3, -0.25) is 15.2 Å². The van der Waals surface area contributed by atoms with Crippen molar-refractivity contribution in [2.45, 2.75) is 6.61 Å². The third kappa shape index (κ3) is 1.54. The zero-order chi connectivity index (χ0) is 9.14. The van der Waals surface area contributed by atoms with Gasteiger partial charge in [-0.15, -0.1) is 0 Å². The molecule has 0 saturated heterocycles. The molecule has 0 unspecified atom stereocenters. The van der Waals surface area contributed by atoms with Crippen LogP contribution >= 0.6 is 11.6 Å². The summed E-state index contributed by atoms with van der Waals surface area (Å²) in [4.78, 5) is 9.79. The minimum Gasteiger partial charge on any atom is -0.378 e. The Morgan fingerprint density at radius 2 is 2.50 bits per heavy atom. The zero-order valence-corrected chi connectivity index (χ0v) is 6.96. The van der Waals surface area contributed by atoms with Crippen molar-refractivity contribution in [3.05, 3.63) is 21.0 Å². The molecule has 66 valence electrons. The number of hydrogen-bond donors (Lipinski definition) is 1. The SMILES string of the molecule is COCc1[nH]nc(Cl)c1[N+](=O)[O-]. The third-order valence-electron chi connectivity index (χ3n) is 1.24. The molecule has 1 aromatic rings. The van der Waals surface area contributed by atoms with Gasteiger partial charge < -0.3 is 4.74 Å². The number of H-pyrrole nitrogens is 1. The molecule has 0 aliphatic rings. The molecule has 0 aliphatic heterocycles. The van der Waals surface area contributed by atoms with Crippen LogP contribution < -0.4 is 0 Å². The Kier molecular flexibility index (Phi) is 2.61. The van der Waals surface area contributed by atoms with Gasteiger partial charge in [0.2, 0.25) is 5.15 Å². The second-order valence-electron chi connectivity index (χ2n) is 2.03. The van der Waals surface area contributed by atoms with E-state index in [-0.39, 0.29) is 23.1 Å². The summed E-state index contributed by atoms with van der Waals surface area (Å²) in [6.07, 6.45) is 0. The molecule has 0 saturated carbocycles. The van der Waals surface area contributed by atoms with E-state index in [4.69, 9.17) is 16.3 Å². The Labute approximate surface area is 72.6 Å². The van der Waals surface area contributed by atoms with Crippen LogP contribution in [0.15, 0.2) is 0 Å². The molecule has 0 bridgehead atoms. The van der Waals surface area contributed by atoms with E-state index in [0.717, 1.165) is 0 Å². The molecule has 0 amide bonds. The second kappa shape index (κ2) is 3.51. The van der Waals surface area contributed by atoms with Crippen molar-refractivity contribution in [3.8, 4) is 0 Å². The van der Waals surface area contributed by atoms with Gasteiger partial charge in [-0.25, -0.2) is 0 Å². The summed E-state index contributed by atoms with van der Waals surface area (Å²) in [6.45, 7) is 0.0933. The molecule has 0 spiro atoms. The lowest BCUT2D eigenvalue weighted by Gasteiger charge is -1.92. The van der Waals surface area contributed by atoms with Crippen LogP contribution in [0.5, 0.6) is 0 Å². The Bertz CT molecular complexity index is 298. The quantitative estimate of drug-likeness (QED) is 0.573. The summed E-state index contributed by atoms with van der Waals surface area (Å²) in [5.74, 6) is 0. The standard InChI is InChI=1S/C5H6ClN3O3/c1-12-2-3-4(9(10)11)5(6)8-7-3/h2H2,1H3,(H,7,8). The number of nitrogens with one attached hydrogen (secondary N) is 1. The second-order valence-corrected chi connectivity index (χ2v) is 2.39. The number of aromatic nitrogens is 2. The van der Waals surface area contributed by atoms with E-state index < -0.39 is 4.92 Å². The van der Waals surface area contributed by atoms with Crippen LogP contribution in [0.25, 0.3) is 0 Å². The fourth-order valence-corrected chi connectivity index (χ4v) is 1.00. The number of methoxy groups -OCH3 is 1. The summed E-state index contributed by atoms with van der Waals surface area (Å²) in [6, 6.07) is 0. The molecule has 0 atom stereocenters. The van der Waals surface area contributed by atoms with Crippen LogP contribution in [0.4, 0.5) is 5.69 Å². The topological polar surface area (TPSA) is 81.0 Å². The Balaban J connectivity index is 3.04. The first kappa shape index (κ1) is 8.95. The van der Waals surface area contributed by atoms with Gasteiger partial charge in [0.15, 0.2) is 0 Å². The molecule has 0 aliphatic carbocycles. The zero-order valence-electron chi connectivity index (χ0n) is 6.20. The summed E-state index contributed by atoms with van der Waals surface area (Å²) in [5, 5.41) is 16.1. The van der Waals surface area contributed by atoms with E-state index in [2.05, 4.69) is 10.2 Å². The maximum Gasteiger partial charge on any atom is 0.331 e. The van der Waals surface area contributed by atoms with Crippen LogP contribution in [0, 0.1) is 10.1 Å². The molecule has 0 fully saturated rings. The highest BCUT2D eigenvalue weighted by Crippen LogP contribution is 2.25. The highest BCUT2D eigenvalue weighted by atomic mass is 35.5. The molecule has 1 aromatic heterocycles. The molecule has 12 heavy (non-hydrogen) atoms. The average Bonchev–Trinajstić information content (AvgIpc) is 2.32. The number of nitrogens with zero attached hydrogens (tertiary/aromatic N) is 2. The Morgan fingerprint density at radius 1 is 1.83 bits per heavy atom. The summed E-state index contributed by atoms with van der Waals surface area (Å²) >= 11 is 5.44. The minimum absolute atomic E-state index is 0.0933. The van der Waals surface area contributed by atoms with E-state index in [9.17, 15) is 10.1 Å². The predicted molar refractivity (Wildman–Crippen MR) is 41.0 cm³/mol. The first-order chi connectivity index (χ1) is 5.66. The third-order valence-corrected chi connectivity index (χ3v) is 1.51. The van der Waals surface area contributed by atoms with Crippen molar-refractivity contribution in [2.24, 2.45) is 0 Å². The highest BCUT2D eigenvalue weighted by molar-refractivity contribution is 6.31. The van der Waals surface area contributed by atoms with Crippen LogP contribution in [-0.4, -0.2) is 22.2 Å². The van der Waals surface area contributed by atoms with Gasteiger partial charge in [-0.05, 0) is 0 Å². The average molecular weight is 192 g/mol. The predicted octanol–water partition coefficient (Wildman–Crippen LogP) is 1.12. The number of aromatic amines is 1. The molecule has 1 rings (SSSR count). The number of hydrogen-bond acceptors (Lipinski definition) is 4. The van der Waals surface area contributed by atoms with Crippen molar-refractivity contribution < 1.29 is 9.66 Å². The first-order valence-electron chi connectivity index (χ1n) is 3.03.